The van der Waals surface area contributed by atoms with Gasteiger partial charge in [0.05, 0.1) is 19.3 Å². The lowest BCUT2D eigenvalue weighted by Crippen LogP contribution is -2.40. The van der Waals surface area contributed by atoms with Crippen LogP contribution in [0.3, 0.4) is 0 Å². The molecular formula is C17H25N3O. The van der Waals surface area contributed by atoms with Crippen molar-refractivity contribution in [3.05, 3.63) is 36.0 Å². The minimum atomic E-state index is 0.372. The molecule has 0 radical (unpaired) electrons. The van der Waals surface area contributed by atoms with E-state index in [0.717, 1.165) is 32.8 Å². The Morgan fingerprint density at radius 3 is 3.05 bits per heavy atom. The molecule has 0 aliphatic carbocycles. The third kappa shape index (κ3) is 3.28. The number of fused-ring (bicyclic) bond motifs is 1. The number of rotatable bonds is 5. The van der Waals surface area contributed by atoms with Crippen molar-refractivity contribution in [2.24, 2.45) is 0 Å². The molecule has 0 amide bonds. The number of hydrogen-bond acceptors (Lipinski definition) is 3. The topological polar surface area (TPSA) is 31.5 Å². The summed E-state index contributed by atoms with van der Waals surface area (Å²) >= 11 is 0. The van der Waals surface area contributed by atoms with Crippen LogP contribution in [0.25, 0.3) is 10.9 Å². The Balaban J connectivity index is 1.77. The van der Waals surface area contributed by atoms with Crippen LogP contribution >= 0.6 is 0 Å². The fraction of sp³-hybridized carbons (Fsp3) is 0.529. The molecule has 1 aliphatic heterocycles. The summed E-state index contributed by atoms with van der Waals surface area (Å²) in [4.78, 5) is 8.21. The van der Waals surface area contributed by atoms with Gasteiger partial charge in [-0.3, -0.25) is 4.90 Å². The molecule has 2 heterocycles. The normalized spacial score (nSPS) is 20.4. The molecule has 0 bridgehead atoms. The first-order chi connectivity index (χ1) is 10.3. The van der Waals surface area contributed by atoms with Crippen molar-refractivity contribution in [1.82, 2.24) is 14.8 Å². The molecule has 1 aliphatic rings. The van der Waals surface area contributed by atoms with Gasteiger partial charge in [-0.25, -0.2) is 0 Å². The van der Waals surface area contributed by atoms with Crippen LogP contribution in [0.15, 0.2) is 30.5 Å². The van der Waals surface area contributed by atoms with Gasteiger partial charge in [-0.05, 0) is 38.7 Å². The van der Waals surface area contributed by atoms with Gasteiger partial charge in [0, 0.05) is 30.2 Å². The fourth-order valence-corrected chi connectivity index (χ4v) is 3.15. The van der Waals surface area contributed by atoms with E-state index in [4.69, 9.17) is 4.74 Å². The summed E-state index contributed by atoms with van der Waals surface area (Å²) in [6, 6.07) is 8.90. The van der Waals surface area contributed by atoms with Crippen molar-refractivity contribution in [2.75, 3.05) is 46.9 Å². The number of H-pyrrole nitrogens is 1. The summed E-state index contributed by atoms with van der Waals surface area (Å²) in [5, 5.41) is 1.32. The maximum Gasteiger partial charge on any atom is 0.0665 e. The molecule has 1 N–H and O–H groups in total. The molecule has 114 valence electrons. The van der Waals surface area contributed by atoms with Crippen molar-refractivity contribution in [3.8, 4) is 0 Å². The first kappa shape index (κ1) is 14.6. The smallest absolute Gasteiger partial charge is 0.0665 e. The van der Waals surface area contributed by atoms with Crippen LogP contribution in [-0.2, 0) is 4.74 Å². The van der Waals surface area contributed by atoms with Crippen molar-refractivity contribution in [2.45, 2.75) is 12.5 Å². The van der Waals surface area contributed by atoms with Gasteiger partial charge in [0.15, 0.2) is 0 Å². The van der Waals surface area contributed by atoms with E-state index >= 15 is 0 Å². The summed E-state index contributed by atoms with van der Waals surface area (Å²) in [5.74, 6) is 0. The largest absolute Gasteiger partial charge is 0.378 e. The van der Waals surface area contributed by atoms with E-state index in [1.807, 2.05) is 0 Å². The van der Waals surface area contributed by atoms with E-state index < -0.39 is 0 Å². The molecule has 2 aromatic rings. The molecule has 4 nitrogen and oxygen atoms in total. The molecule has 1 fully saturated rings. The SMILES string of the molecule is CN(C)CCCN1CCOCC1c1c[nH]c2ccccc12. The Morgan fingerprint density at radius 1 is 1.33 bits per heavy atom. The summed E-state index contributed by atoms with van der Waals surface area (Å²) in [6.45, 7) is 4.94. The Kier molecular flexibility index (Phi) is 4.58. The number of ether oxygens (including phenoxy) is 1. The molecule has 1 aromatic heterocycles. The Morgan fingerprint density at radius 2 is 2.19 bits per heavy atom. The predicted octanol–water partition coefficient (Wildman–Crippen LogP) is 2.49. The second kappa shape index (κ2) is 6.60. The summed E-state index contributed by atoms with van der Waals surface area (Å²) < 4.78 is 5.75. The first-order valence-corrected chi connectivity index (χ1v) is 7.78. The lowest BCUT2D eigenvalue weighted by Gasteiger charge is -2.35. The molecule has 0 spiro atoms. The second-order valence-corrected chi connectivity index (χ2v) is 6.07. The summed E-state index contributed by atoms with van der Waals surface area (Å²) in [7, 11) is 4.27. The Labute approximate surface area is 126 Å². The maximum absolute atomic E-state index is 5.75. The first-order valence-electron chi connectivity index (χ1n) is 7.78. The average Bonchev–Trinajstić information content (AvgIpc) is 2.91. The zero-order chi connectivity index (χ0) is 14.7. The van der Waals surface area contributed by atoms with E-state index in [-0.39, 0.29) is 0 Å². The highest BCUT2D eigenvalue weighted by Gasteiger charge is 2.26. The zero-order valence-electron chi connectivity index (χ0n) is 13.0. The number of nitrogens with one attached hydrogen (secondary N) is 1. The summed E-state index contributed by atoms with van der Waals surface area (Å²) in [5.41, 5.74) is 2.58. The van der Waals surface area contributed by atoms with Crippen molar-refractivity contribution < 1.29 is 4.74 Å². The standard InChI is InChI=1S/C17H25N3O/c1-19(2)8-5-9-20-10-11-21-13-17(20)15-12-18-16-7-4-3-6-14(15)16/h3-4,6-7,12,17-18H,5,8-11,13H2,1-2H3. The predicted molar refractivity (Wildman–Crippen MR) is 86.6 cm³/mol. The minimum Gasteiger partial charge on any atom is -0.378 e. The van der Waals surface area contributed by atoms with Crippen LogP contribution in [0.4, 0.5) is 0 Å². The highest BCUT2D eigenvalue weighted by molar-refractivity contribution is 5.83. The van der Waals surface area contributed by atoms with Gasteiger partial charge in [0.1, 0.15) is 0 Å². The quantitative estimate of drug-likeness (QED) is 0.917. The maximum atomic E-state index is 5.75. The minimum absolute atomic E-state index is 0.372. The number of para-hydroxylation sites is 1. The van der Waals surface area contributed by atoms with Gasteiger partial charge >= 0.3 is 0 Å². The van der Waals surface area contributed by atoms with E-state index in [1.165, 1.54) is 22.9 Å². The average molecular weight is 287 g/mol. The van der Waals surface area contributed by atoms with Gasteiger partial charge in [0.2, 0.25) is 0 Å². The van der Waals surface area contributed by atoms with E-state index in [9.17, 15) is 0 Å². The number of aromatic amines is 1. The lowest BCUT2D eigenvalue weighted by atomic mass is 10.0. The zero-order valence-corrected chi connectivity index (χ0v) is 13.0. The number of nitrogens with zero attached hydrogens (tertiary/aromatic N) is 2. The molecule has 1 saturated heterocycles. The molecule has 1 unspecified atom stereocenters. The van der Waals surface area contributed by atoms with Gasteiger partial charge in [-0.1, -0.05) is 18.2 Å². The van der Waals surface area contributed by atoms with Crippen LogP contribution < -0.4 is 0 Å². The van der Waals surface area contributed by atoms with Crippen LogP contribution in [0.5, 0.6) is 0 Å². The van der Waals surface area contributed by atoms with Gasteiger partial charge in [-0.15, -0.1) is 0 Å². The van der Waals surface area contributed by atoms with E-state index in [2.05, 4.69) is 59.3 Å². The van der Waals surface area contributed by atoms with Crippen molar-refractivity contribution >= 4 is 10.9 Å². The van der Waals surface area contributed by atoms with E-state index in [0.29, 0.717) is 6.04 Å². The number of hydrogen-bond donors (Lipinski definition) is 1. The molecule has 4 heteroatoms. The third-order valence-corrected chi connectivity index (χ3v) is 4.27. The molecule has 1 aromatic carbocycles. The van der Waals surface area contributed by atoms with E-state index in [1.54, 1.807) is 0 Å². The molecule has 3 rings (SSSR count). The molecule has 0 saturated carbocycles. The summed E-state index contributed by atoms with van der Waals surface area (Å²) in [6.07, 6.45) is 3.36. The third-order valence-electron chi connectivity index (χ3n) is 4.27. The van der Waals surface area contributed by atoms with Crippen LogP contribution in [-0.4, -0.2) is 61.7 Å². The molecule has 1 atom stereocenters. The monoisotopic (exact) mass is 287 g/mol. The number of morpholine rings is 1. The van der Waals surface area contributed by atoms with Gasteiger partial charge in [0.25, 0.3) is 0 Å². The van der Waals surface area contributed by atoms with Gasteiger partial charge in [-0.2, -0.15) is 0 Å². The van der Waals surface area contributed by atoms with Crippen LogP contribution in [0.2, 0.25) is 0 Å². The van der Waals surface area contributed by atoms with Gasteiger partial charge < -0.3 is 14.6 Å². The highest BCUT2D eigenvalue weighted by Crippen LogP contribution is 2.30. The molecule has 21 heavy (non-hydrogen) atoms. The second-order valence-electron chi connectivity index (χ2n) is 6.07. The van der Waals surface area contributed by atoms with Crippen molar-refractivity contribution in [3.63, 3.8) is 0 Å². The highest BCUT2D eigenvalue weighted by atomic mass is 16.5. The Hall–Kier alpha value is -1.36. The molecular weight excluding hydrogens is 262 g/mol. The van der Waals surface area contributed by atoms with Crippen molar-refractivity contribution in [1.29, 1.82) is 0 Å². The van der Waals surface area contributed by atoms with Crippen LogP contribution in [0, 0.1) is 0 Å². The lowest BCUT2D eigenvalue weighted by molar-refractivity contribution is -0.00893. The van der Waals surface area contributed by atoms with Crippen LogP contribution in [0.1, 0.15) is 18.0 Å². The number of benzene rings is 1. The Bertz CT molecular complexity index is 578. The number of aromatic nitrogens is 1. The fourth-order valence-electron chi connectivity index (χ4n) is 3.15.